The number of benzene rings is 1. The molecule has 0 fully saturated rings. The average molecular weight is 233 g/mol. The molecule has 0 bridgehead atoms. The van der Waals surface area contributed by atoms with Gasteiger partial charge in [0.25, 0.3) is 0 Å². The van der Waals surface area contributed by atoms with Crippen molar-refractivity contribution in [2.75, 3.05) is 0 Å². The van der Waals surface area contributed by atoms with Gasteiger partial charge in [0.15, 0.2) is 0 Å². The summed E-state index contributed by atoms with van der Waals surface area (Å²) in [5.74, 6) is 0.348. The lowest BCUT2D eigenvalue weighted by atomic mass is 10.1. The lowest BCUT2D eigenvalue weighted by molar-refractivity contribution is -0.134. The minimum absolute atomic E-state index is 0.205. The van der Waals surface area contributed by atoms with E-state index in [4.69, 9.17) is 10.1 Å². The average Bonchev–Trinajstić information content (AvgIpc) is 2.30. The van der Waals surface area contributed by atoms with Crippen molar-refractivity contribution in [1.29, 1.82) is 5.41 Å². The predicted molar refractivity (Wildman–Crippen MR) is 68.7 cm³/mol. The number of hydrogen-bond donors (Lipinski definition) is 1. The van der Waals surface area contributed by atoms with E-state index in [1.165, 1.54) is 0 Å². The van der Waals surface area contributed by atoms with Gasteiger partial charge in [0.05, 0.1) is 0 Å². The van der Waals surface area contributed by atoms with Gasteiger partial charge in [-0.25, -0.2) is 0 Å². The number of carbonyl (C=O) groups is 1. The van der Waals surface area contributed by atoms with Gasteiger partial charge in [0.1, 0.15) is 5.75 Å². The van der Waals surface area contributed by atoms with E-state index in [9.17, 15) is 4.79 Å². The van der Waals surface area contributed by atoms with Crippen LogP contribution in [0, 0.1) is 5.41 Å². The Labute approximate surface area is 102 Å². The molecule has 1 N–H and O–H groups in total. The van der Waals surface area contributed by atoms with Gasteiger partial charge in [0.2, 0.25) is 0 Å². The highest BCUT2D eigenvalue weighted by atomic mass is 16.5. The van der Waals surface area contributed by atoms with Crippen LogP contribution in [0.1, 0.15) is 45.1 Å². The molecule has 1 aromatic rings. The number of esters is 1. The van der Waals surface area contributed by atoms with Crippen molar-refractivity contribution >= 4 is 11.7 Å². The largest absolute Gasteiger partial charge is 0.427 e. The van der Waals surface area contributed by atoms with Crippen LogP contribution in [-0.4, -0.2) is 11.7 Å². The molecule has 0 aliphatic rings. The van der Waals surface area contributed by atoms with E-state index in [2.05, 4.69) is 6.92 Å². The number of rotatable bonds is 6. The van der Waals surface area contributed by atoms with Gasteiger partial charge in [-0.3, -0.25) is 4.79 Å². The Kier molecular flexibility index (Phi) is 5.40. The van der Waals surface area contributed by atoms with Gasteiger partial charge in [-0.05, 0) is 42.7 Å². The highest BCUT2D eigenvalue weighted by Gasteiger charge is 2.04. The first-order chi connectivity index (χ1) is 8.17. The first-order valence-corrected chi connectivity index (χ1v) is 6.06. The fourth-order valence-corrected chi connectivity index (χ4v) is 1.51. The third-order valence-corrected chi connectivity index (χ3v) is 2.39. The molecule has 0 aliphatic heterocycles. The Bertz CT molecular complexity index is 382. The Hall–Kier alpha value is -1.64. The van der Waals surface area contributed by atoms with Crippen LogP contribution in [0.4, 0.5) is 0 Å². The number of carbonyl (C=O) groups excluding carboxylic acids is 1. The van der Waals surface area contributed by atoms with Gasteiger partial charge in [-0.1, -0.05) is 20.3 Å². The zero-order valence-corrected chi connectivity index (χ0v) is 10.5. The van der Waals surface area contributed by atoms with Crippen LogP contribution in [0.2, 0.25) is 0 Å². The third kappa shape index (κ3) is 4.39. The van der Waals surface area contributed by atoms with Crippen LogP contribution in [0.15, 0.2) is 24.3 Å². The quantitative estimate of drug-likeness (QED) is 0.464. The maximum atomic E-state index is 11.3. The van der Waals surface area contributed by atoms with Crippen molar-refractivity contribution in [2.45, 2.75) is 39.5 Å². The van der Waals surface area contributed by atoms with Crippen molar-refractivity contribution < 1.29 is 9.53 Å². The Morgan fingerprint density at radius 1 is 1.12 bits per heavy atom. The maximum absolute atomic E-state index is 11.3. The van der Waals surface area contributed by atoms with Crippen molar-refractivity contribution in [3.8, 4) is 5.75 Å². The molecule has 92 valence electrons. The predicted octanol–water partition coefficient (Wildman–Crippen LogP) is 3.56. The highest BCUT2D eigenvalue weighted by Crippen LogP contribution is 2.14. The first kappa shape index (κ1) is 13.4. The van der Waals surface area contributed by atoms with Crippen LogP contribution < -0.4 is 4.74 Å². The smallest absolute Gasteiger partial charge is 0.311 e. The molecule has 0 heterocycles. The van der Waals surface area contributed by atoms with Crippen LogP contribution in [-0.2, 0) is 4.79 Å². The van der Waals surface area contributed by atoms with E-state index in [0.717, 1.165) is 24.8 Å². The van der Waals surface area contributed by atoms with E-state index in [0.29, 0.717) is 17.9 Å². The Balaban J connectivity index is 2.61. The van der Waals surface area contributed by atoms with E-state index in [-0.39, 0.29) is 5.97 Å². The molecule has 0 spiro atoms. The van der Waals surface area contributed by atoms with E-state index < -0.39 is 0 Å². The summed E-state index contributed by atoms with van der Waals surface area (Å²) < 4.78 is 5.14. The molecule has 0 radical (unpaired) electrons. The number of ether oxygens (including phenoxy) is 1. The van der Waals surface area contributed by atoms with Gasteiger partial charge in [-0.2, -0.15) is 0 Å². The SMILES string of the molecule is CCCC(=N)c1ccc(OC(=O)CCC)cc1. The van der Waals surface area contributed by atoms with Gasteiger partial charge in [-0.15, -0.1) is 0 Å². The van der Waals surface area contributed by atoms with Crippen molar-refractivity contribution in [1.82, 2.24) is 0 Å². The molecule has 0 aliphatic carbocycles. The fourth-order valence-electron chi connectivity index (χ4n) is 1.51. The van der Waals surface area contributed by atoms with Crippen LogP contribution in [0.5, 0.6) is 5.75 Å². The molecule has 0 unspecified atom stereocenters. The zero-order chi connectivity index (χ0) is 12.7. The molecule has 0 atom stereocenters. The van der Waals surface area contributed by atoms with E-state index in [1.54, 1.807) is 12.1 Å². The van der Waals surface area contributed by atoms with Gasteiger partial charge < -0.3 is 10.1 Å². The lowest BCUT2D eigenvalue weighted by Gasteiger charge is -2.05. The molecule has 3 nitrogen and oxygen atoms in total. The van der Waals surface area contributed by atoms with Gasteiger partial charge in [0, 0.05) is 12.1 Å². The van der Waals surface area contributed by atoms with Crippen LogP contribution in [0.3, 0.4) is 0 Å². The van der Waals surface area contributed by atoms with Crippen molar-refractivity contribution in [2.24, 2.45) is 0 Å². The summed E-state index contributed by atoms with van der Waals surface area (Å²) in [5, 5.41) is 7.80. The maximum Gasteiger partial charge on any atom is 0.311 e. The van der Waals surface area contributed by atoms with E-state index >= 15 is 0 Å². The Morgan fingerprint density at radius 3 is 2.24 bits per heavy atom. The fraction of sp³-hybridized carbons (Fsp3) is 0.429. The number of nitrogens with one attached hydrogen (secondary N) is 1. The monoisotopic (exact) mass is 233 g/mol. The van der Waals surface area contributed by atoms with Crippen LogP contribution >= 0.6 is 0 Å². The molecular formula is C14H19NO2. The summed E-state index contributed by atoms with van der Waals surface area (Å²) in [6.07, 6.45) is 2.96. The lowest BCUT2D eigenvalue weighted by Crippen LogP contribution is -2.07. The zero-order valence-electron chi connectivity index (χ0n) is 10.5. The highest BCUT2D eigenvalue weighted by molar-refractivity contribution is 5.98. The van der Waals surface area contributed by atoms with Gasteiger partial charge >= 0.3 is 5.97 Å². The second-order valence-electron chi connectivity index (χ2n) is 3.98. The second-order valence-corrected chi connectivity index (χ2v) is 3.98. The topological polar surface area (TPSA) is 50.1 Å². The molecule has 1 aromatic carbocycles. The van der Waals surface area contributed by atoms with E-state index in [1.807, 2.05) is 19.1 Å². The summed E-state index contributed by atoms with van der Waals surface area (Å²) in [6, 6.07) is 7.14. The summed E-state index contributed by atoms with van der Waals surface area (Å²) in [5.41, 5.74) is 1.51. The Morgan fingerprint density at radius 2 is 1.71 bits per heavy atom. The molecule has 17 heavy (non-hydrogen) atoms. The molecule has 0 saturated heterocycles. The normalized spacial score (nSPS) is 10.0. The molecule has 0 amide bonds. The van der Waals surface area contributed by atoms with Crippen LogP contribution in [0.25, 0.3) is 0 Å². The third-order valence-electron chi connectivity index (χ3n) is 2.39. The molecule has 1 rings (SSSR count). The van der Waals surface area contributed by atoms with Crippen molar-refractivity contribution in [3.05, 3.63) is 29.8 Å². The summed E-state index contributed by atoms with van der Waals surface area (Å²) in [6.45, 7) is 3.99. The first-order valence-electron chi connectivity index (χ1n) is 6.06. The minimum atomic E-state index is -0.205. The summed E-state index contributed by atoms with van der Waals surface area (Å²) in [7, 11) is 0. The van der Waals surface area contributed by atoms with Crippen molar-refractivity contribution in [3.63, 3.8) is 0 Å². The summed E-state index contributed by atoms with van der Waals surface area (Å²) in [4.78, 5) is 11.3. The minimum Gasteiger partial charge on any atom is -0.427 e. The molecule has 0 aromatic heterocycles. The number of hydrogen-bond acceptors (Lipinski definition) is 3. The molecule has 0 saturated carbocycles. The standard InChI is InChI=1S/C14H19NO2/c1-3-5-13(15)11-7-9-12(10-8-11)17-14(16)6-4-2/h7-10,15H,3-6H2,1-2H3. The second kappa shape index (κ2) is 6.84. The molecular weight excluding hydrogens is 214 g/mol. The molecule has 3 heteroatoms. The summed E-state index contributed by atoms with van der Waals surface area (Å²) >= 11 is 0.